The van der Waals surface area contributed by atoms with Gasteiger partial charge in [0, 0.05) is 19.6 Å². The van der Waals surface area contributed by atoms with E-state index in [1.54, 1.807) is 6.07 Å². The normalized spacial score (nSPS) is 10.8. The van der Waals surface area contributed by atoms with E-state index in [2.05, 4.69) is 5.32 Å². The first-order valence-corrected chi connectivity index (χ1v) is 11.4. The number of amides is 1. The number of carboxylic acid groups (broad SMARTS) is 1. The van der Waals surface area contributed by atoms with Gasteiger partial charge in [-0.25, -0.2) is 0 Å². The Kier molecular flexibility index (Phi) is 18.4. The molecule has 0 aliphatic carbocycles. The number of aliphatic carboxylic acids is 1. The first-order valence-electron chi connectivity index (χ1n) is 11.4. The third-order valence-corrected chi connectivity index (χ3v) is 4.25. The number of para-hydroxylation sites is 2. The summed E-state index contributed by atoms with van der Waals surface area (Å²) in [5.41, 5.74) is 6.40. The molecule has 4 N–H and O–H groups in total. The van der Waals surface area contributed by atoms with Crippen LogP contribution < -0.4 is 15.8 Å². The number of ether oxygens (including phenoxy) is 6. The number of carbonyl (C=O) groups excluding carboxylic acids is 1. The molecule has 34 heavy (non-hydrogen) atoms. The maximum absolute atomic E-state index is 11.3. The van der Waals surface area contributed by atoms with E-state index in [1.807, 2.05) is 18.2 Å². The SMILES string of the molecule is Nc1ccccc1OCCOCCOCCOCCOCCOCCCNC(=O)CCC(=O)O. The number of rotatable bonds is 23. The van der Waals surface area contributed by atoms with Gasteiger partial charge < -0.3 is 44.6 Å². The van der Waals surface area contributed by atoms with Gasteiger partial charge in [-0.3, -0.25) is 9.59 Å². The molecule has 0 aromatic heterocycles. The van der Waals surface area contributed by atoms with E-state index in [4.69, 9.17) is 39.3 Å². The first-order chi connectivity index (χ1) is 16.6. The summed E-state index contributed by atoms with van der Waals surface area (Å²) in [6, 6.07) is 7.33. The number of benzene rings is 1. The molecular weight excluding hydrogens is 448 g/mol. The fraction of sp³-hybridized carbons (Fsp3) is 0.652. The van der Waals surface area contributed by atoms with Crippen LogP contribution in [0.25, 0.3) is 0 Å². The number of nitrogen functional groups attached to an aromatic ring is 1. The Balaban J connectivity index is 1.71. The summed E-state index contributed by atoms with van der Waals surface area (Å²) in [4.78, 5) is 21.7. The third-order valence-electron chi connectivity index (χ3n) is 4.25. The van der Waals surface area contributed by atoms with Gasteiger partial charge in [-0.2, -0.15) is 0 Å². The molecule has 11 heteroatoms. The number of anilines is 1. The van der Waals surface area contributed by atoms with Crippen LogP contribution in [0.2, 0.25) is 0 Å². The molecule has 0 bridgehead atoms. The molecule has 1 aromatic rings. The summed E-state index contributed by atoms with van der Waals surface area (Å²) in [6.07, 6.45) is 0.492. The van der Waals surface area contributed by atoms with E-state index in [-0.39, 0.29) is 18.7 Å². The zero-order valence-corrected chi connectivity index (χ0v) is 19.7. The Morgan fingerprint density at radius 2 is 1.24 bits per heavy atom. The molecule has 0 spiro atoms. The number of carboxylic acids is 1. The second-order valence-corrected chi connectivity index (χ2v) is 7.05. The standard InChI is InChI=1S/C23H38N2O9/c24-20-4-1-2-5-21(20)34-19-18-33-17-16-32-15-14-31-13-12-30-11-10-29-9-3-8-25-22(26)6-7-23(27)28/h1-2,4-5H,3,6-19,24H2,(H,25,26)(H,27,28). The topological polar surface area (TPSA) is 148 Å². The molecule has 0 heterocycles. The summed E-state index contributed by atoms with van der Waals surface area (Å²) >= 11 is 0. The van der Waals surface area contributed by atoms with E-state index in [0.717, 1.165) is 0 Å². The molecule has 194 valence electrons. The Labute approximate surface area is 200 Å². The Morgan fingerprint density at radius 3 is 1.76 bits per heavy atom. The van der Waals surface area contributed by atoms with Crippen LogP contribution in [0.4, 0.5) is 5.69 Å². The summed E-state index contributed by atoms with van der Waals surface area (Å²) in [7, 11) is 0. The molecule has 11 nitrogen and oxygen atoms in total. The lowest BCUT2D eigenvalue weighted by molar-refractivity contribution is -0.138. The van der Waals surface area contributed by atoms with Crippen molar-refractivity contribution < 1.29 is 43.1 Å². The maximum Gasteiger partial charge on any atom is 0.303 e. The van der Waals surface area contributed by atoms with Crippen LogP contribution in [0.3, 0.4) is 0 Å². The predicted octanol–water partition coefficient (Wildman–Crippen LogP) is 1.10. The summed E-state index contributed by atoms with van der Waals surface area (Å²) < 4.78 is 32.6. The van der Waals surface area contributed by atoms with Gasteiger partial charge in [0.2, 0.25) is 5.91 Å². The Bertz CT molecular complexity index is 661. The van der Waals surface area contributed by atoms with Crippen molar-refractivity contribution in [2.75, 3.05) is 85.0 Å². The average molecular weight is 487 g/mol. The van der Waals surface area contributed by atoms with Crippen LogP contribution >= 0.6 is 0 Å². The monoisotopic (exact) mass is 486 g/mol. The molecule has 0 saturated heterocycles. The maximum atomic E-state index is 11.3. The van der Waals surface area contributed by atoms with Crippen LogP contribution in [0.5, 0.6) is 5.75 Å². The van der Waals surface area contributed by atoms with Crippen molar-refractivity contribution in [2.24, 2.45) is 0 Å². The number of nitrogens with two attached hydrogens (primary N) is 1. The lowest BCUT2D eigenvalue weighted by atomic mass is 10.3. The van der Waals surface area contributed by atoms with E-state index < -0.39 is 5.97 Å². The fourth-order valence-corrected chi connectivity index (χ4v) is 2.52. The Morgan fingerprint density at radius 1 is 0.735 bits per heavy atom. The van der Waals surface area contributed by atoms with Crippen LogP contribution in [0, 0.1) is 0 Å². The summed E-state index contributed by atoms with van der Waals surface area (Å²) in [5.74, 6) is -0.585. The minimum absolute atomic E-state index is 0.00536. The average Bonchev–Trinajstić information content (AvgIpc) is 2.82. The zero-order chi connectivity index (χ0) is 24.7. The van der Waals surface area contributed by atoms with Crippen LogP contribution in [-0.2, 0) is 33.3 Å². The highest BCUT2D eigenvalue weighted by molar-refractivity contribution is 5.80. The zero-order valence-electron chi connectivity index (χ0n) is 19.7. The van der Waals surface area contributed by atoms with Crippen LogP contribution in [0.15, 0.2) is 24.3 Å². The molecule has 1 aromatic carbocycles. The fourth-order valence-electron chi connectivity index (χ4n) is 2.52. The molecule has 1 amide bonds. The molecule has 0 atom stereocenters. The predicted molar refractivity (Wildman–Crippen MR) is 125 cm³/mol. The van der Waals surface area contributed by atoms with E-state index in [9.17, 15) is 9.59 Å². The largest absolute Gasteiger partial charge is 0.489 e. The Hall–Kier alpha value is -2.44. The van der Waals surface area contributed by atoms with Gasteiger partial charge in [-0.05, 0) is 18.6 Å². The van der Waals surface area contributed by atoms with Crippen molar-refractivity contribution in [3.63, 3.8) is 0 Å². The number of hydrogen-bond acceptors (Lipinski definition) is 9. The molecule has 0 unspecified atom stereocenters. The molecule has 0 radical (unpaired) electrons. The van der Waals surface area contributed by atoms with Crippen molar-refractivity contribution in [3.05, 3.63) is 24.3 Å². The van der Waals surface area contributed by atoms with Gasteiger partial charge in [-0.15, -0.1) is 0 Å². The molecule has 0 saturated carbocycles. The molecule has 0 aliphatic rings. The second kappa shape index (κ2) is 21.1. The lowest BCUT2D eigenvalue weighted by Crippen LogP contribution is -2.25. The van der Waals surface area contributed by atoms with E-state index in [1.165, 1.54) is 0 Å². The van der Waals surface area contributed by atoms with E-state index in [0.29, 0.717) is 97.1 Å². The third kappa shape index (κ3) is 18.0. The minimum Gasteiger partial charge on any atom is -0.489 e. The number of carbonyl (C=O) groups is 2. The van der Waals surface area contributed by atoms with Crippen molar-refractivity contribution in [3.8, 4) is 5.75 Å². The van der Waals surface area contributed by atoms with Gasteiger partial charge in [-0.1, -0.05) is 12.1 Å². The summed E-state index contributed by atoms with van der Waals surface area (Å²) in [5, 5.41) is 11.1. The van der Waals surface area contributed by atoms with Crippen molar-refractivity contribution in [2.45, 2.75) is 19.3 Å². The van der Waals surface area contributed by atoms with Crippen LogP contribution in [-0.4, -0.2) is 96.2 Å². The highest BCUT2D eigenvalue weighted by Crippen LogP contribution is 2.19. The highest BCUT2D eigenvalue weighted by Gasteiger charge is 2.04. The molecule has 0 aliphatic heterocycles. The smallest absolute Gasteiger partial charge is 0.303 e. The van der Waals surface area contributed by atoms with Gasteiger partial charge in [0.05, 0.1) is 71.6 Å². The van der Waals surface area contributed by atoms with Gasteiger partial charge in [0.1, 0.15) is 12.4 Å². The highest BCUT2D eigenvalue weighted by atomic mass is 16.6. The number of nitrogens with one attached hydrogen (secondary N) is 1. The van der Waals surface area contributed by atoms with Gasteiger partial charge in [0.25, 0.3) is 0 Å². The van der Waals surface area contributed by atoms with Gasteiger partial charge in [0.15, 0.2) is 0 Å². The number of hydrogen-bond donors (Lipinski definition) is 3. The van der Waals surface area contributed by atoms with Crippen molar-refractivity contribution in [1.29, 1.82) is 0 Å². The lowest BCUT2D eigenvalue weighted by Gasteiger charge is -2.09. The van der Waals surface area contributed by atoms with Crippen LogP contribution in [0.1, 0.15) is 19.3 Å². The second-order valence-electron chi connectivity index (χ2n) is 7.05. The van der Waals surface area contributed by atoms with Crippen molar-refractivity contribution in [1.82, 2.24) is 5.32 Å². The summed E-state index contributed by atoms with van der Waals surface area (Å²) in [6.45, 7) is 5.63. The molecule has 1 rings (SSSR count). The van der Waals surface area contributed by atoms with E-state index >= 15 is 0 Å². The van der Waals surface area contributed by atoms with Gasteiger partial charge >= 0.3 is 5.97 Å². The quantitative estimate of drug-likeness (QED) is 0.152. The first kappa shape index (κ1) is 29.6. The molecular formula is C23H38N2O9. The van der Waals surface area contributed by atoms with Crippen molar-refractivity contribution >= 4 is 17.6 Å². The molecule has 0 fully saturated rings. The minimum atomic E-state index is -0.980.